The summed E-state index contributed by atoms with van der Waals surface area (Å²) in [5.74, 6) is 1.14. The third-order valence-electron chi connectivity index (χ3n) is 4.59. The highest BCUT2D eigenvalue weighted by Gasteiger charge is 2.34. The number of alkyl halides is 1. The van der Waals surface area contributed by atoms with Crippen molar-refractivity contribution in [2.24, 2.45) is 0 Å². The van der Waals surface area contributed by atoms with Crippen LogP contribution in [0.4, 0.5) is 0 Å². The van der Waals surface area contributed by atoms with Crippen LogP contribution in [0.25, 0.3) is 0 Å². The Kier molecular flexibility index (Phi) is 4.84. The topological polar surface area (TPSA) is 29.5 Å². The van der Waals surface area contributed by atoms with Crippen LogP contribution in [-0.4, -0.2) is 35.3 Å². The smallest absolute Gasteiger partial charge is 0.230 e. The van der Waals surface area contributed by atoms with Gasteiger partial charge in [-0.05, 0) is 25.3 Å². The first-order chi connectivity index (χ1) is 10.3. The molecular weight excluding hydrogens is 330 g/mol. The molecule has 4 heteroatoms. The molecule has 2 atom stereocenters. The van der Waals surface area contributed by atoms with Gasteiger partial charge in [0.25, 0.3) is 0 Å². The highest BCUT2D eigenvalue weighted by molar-refractivity contribution is 9.09. The summed E-state index contributed by atoms with van der Waals surface area (Å²) in [6.07, 6.45) is 5.49. The highest BCUT2D eigenvalue weighted by atomic mass is 79.9. The molecule has 0 aromatic heterocycles. The van der Waals surface area contributed by atoms with E-state index in [1.54, 1.807) is 0 Å². The van der Waals surface area contributed by atoms with Crippen molar-refractivity contribution >= 4 is 21.8 Å². The third-order valence-corrected chi connectivity index (χ3v) is 5.34. The van der Waals surface area contributed by atoms with Gasteiger partial charge in [0, 0.05) is 23.5 Å². The summed E-state index contributed by atoms with van der Waals surface area (Å²) in [6, 6.07) is 8.32. The molecule has 2 heterocycles. The number of nitrogens with zero attached hydrogens (tertiary/aromatic N) is 1. The molecule has 2 aliphatic rings. The quantitative estimate of drug-likeness (QED) is 0.760. The summed E-state index contributed by atoms with van der Waals surface area (Å²) in [5, 5.41) is 0.879. The summed E-state index contributed by atoms with van der Waals surface area (Å²) in [6.45, 7) is 1.54. The number of likely N-dealkylation sites (tertiary alicyclic amines) is 1. The Hall–Kier alpha value is -1.03. The molecule has 0 N–H and O–H groups in total. The molecule has 3 rings (SSSR count). The minimum absolute atomic E-state index is 0.0328. The summed E-state index contributed by atoms with van der Waals surface area (Å²) in [5.41, 5.74) is 1.06. The maximum Gasteiger partial charge on any atom is 0.230 e. The average molecular weight is 352 g/mol. The summed E-state index contributed by atoms with van der Waals surface area (Å²) < 4.78 is 5.69. The molecule has 0 bridgehead atoms. The predicted molar refractivity (Wildman–Crippen MR) is 87.1 cm³/mol. The van der Waals surface area contributed by atoms with Gasteiger partial charge in [0.15, 0.2) is 0 Å². The first-order valence-corrected chi connectivity index (χ1v) is 9.01. The maximum atomic E-state index is 13.1. The minimum Gasteiger partial charge on any atom is -0.493 e. The van der Waals surface area contributed by atoms with Crippen molar-refractivity contribution in [3.05, 3.63) is 29.8 Å². The molecule has 1 aromatic carbocycles. The van der Waals surface area contributed by atoms with Crippen LogP contribution in [0.2, 0.25) is 0 Å². The third kappa shape index (κ3) is 3.10. The Morgan fingerprint density at radius 1 is 1.24 bits per heavy atom. The normalized spacial score (nSPS) is 25.7. The fourth-order valence-corrected chi connectivity index (χ4v) is 4.10. The van der Waals surface area contributed by atoms with Crippen LogP contribution in [0.5, 0.6) is 5.75 Å². The van der Waals surface area contributed by atoms with Gasteiger partial charge in [0.2, 0.25) is 5.91 Å². The van der Waals surface area contributed by atoms with Gasteiger partial charge in [0.1, 0.15) is 5.75 Å². The summed E-state index contributed by atoms with van der Waals surface area (Å²) >= 11 is 3.59. The molecule has 1 amide bonds. The second-order valence-corrected chi connectivity index (χ2v) is 6.56. The Morgan fingerprint density at radius 2 is 2.10 bits per heavy atom. The molecule has 21 heavy (non-hydrogen) atoms. The largest absolute Gasteiger partial charge is 0.493 e. The molecule has 114 valence electrons. The van der Waals surface area contributed by atoms with Crippen LogP contribution in [0, 0.1) is 0 Å². The lowest BCUT2D eigenvalue weighted by Gasteiger charge is -2.34. The van der Waals surface area contributed by atoms with Crippen molar-refractivity contribution in [3.63, 3.8) is 0 Å². The number of fused-ring (bicyclic) bond motifs is 1. The summed E-state index contributed by atoms with van der Waals surface area (Å²) in [4.78, 5) is 15.2. The van der Waals surface area contributed by atoms with Crippen LogP contribution in [-0.2, 0) is 4.79 Å². The monoisotopic (exact) mass is 351 g/mol. The Morgan fingerprint density at radius 3 is 2.95 bits per heavy atom. The zero-order valence-corrected chi connectivity index (χ0v) is 13.8. The van der Waals surface area contributed by atoms with Gasteiger partial charge in [-0.15, -0.1) is 0 Å². The van der Waals surface area contributed by atoms with Crippen LogP contribution in [0.3, 0.4) is 0 Å². The number of hydrogen-bond donors (Lipinski definition) is 0. The SMILES string of the molecule is O=C(C1CCOc2ccccc21)N1CCCCCC1CBr. The number of carbonyl (C=O) groups excluding carboxylic acids is 1. The van der Waals surface area contributed by atoms with Gasteiger partial charge in [-0.3, -0.25) is 4.79 Å². The molecule has 2 aliphatic heterocycles. The van der Waals surface area contributed by atoms with Crippen LogP contribution in [0.1, 0.15) is 43.6 Å². The van der Waals surface area contributed by atoms with E-state index >= 15 is 0 Å². The molecule has 1 fully saturated rings. The van der Waals surface area contributed by atoms with E-state index in [2.05, 4.69) is 20.8 Å². The molecule has 0 spiro atoms. The number of benzene rings is 1. The number of para-hydroxylation sites is 1. The number of hydrogen-bond acceptors (Lipinski definition) is 2. The number of carbonyl (C=O) groups is 1. The van der Waals surface area contributed by atoms with E-state index in [4.69, 9.17) is 4.74 Å². The first kappa shape index (κ1) is 14.9. The molecule has 3 nitrogen and oxygen atoms in total. The zero-order valence-electron chi connectivity index (χ0n) is 12.3. The fourth-order valence-electron chi connectivity index (χ4n) is 3.43. The molecular formula is C17H22BrNO2. The number of halogens is 1. The van der Waals surface area contributed by atoms with Gasteiger partial charge >= 0.3 is 0 Å². The number of ether oxygens (including phenoxy) is 1. The van der Waals surface area contributed by atoms with E-state index in [9.17, 15) is 4.79 Å². The second-order valence-electron chi connectivity index (χ2n) is 5.92. The first-order valence-electron chi connectivity index (χ1n) is 7.89. The lowest BCUT2D eigenvalue weighted by Crippen LogP contribution is -2.44. The molecule has 0 radical (unpaired) electrons. The van der Waals surface area contributed by atoms with E-state index in [0.29, 0.717) is 12.6 Å². The molecule has 1 aromatic rings. The van der Waals surface area contributed by atoms with Gasteiger partial charge < -0.3 is 9.64 Å². The average Bonchev–Trinajstić information content (AvgIpc) is 2.79. The van der Waals surface area contributed by atoms with Crippen molar-refractivity contribution in [1.29, 1.82) is 0 Å². The van der Waals surface area contributed by atoms with E-state index in [1.165, 1.54) is 12.8 Å². The number of rotatable bonds is 2. The van der Waals surface area contributed by atoms with E-state index < -0.39 is 0 Å². The Labute approximate surface area is 134 Å². The van der Waals surface area contributed by atoms with Crippen molar-refractivity contribution < 1.29 is 9.53 Å². The maximum absolute atomic E-state index is 13.1. The van der Waals surface area contributed by atoms with Crippen LogP contribution < -0.4 is 4.74 Å². The van der Waals surface area contributed by atoms with Crippen LogP contribution >= 0.6 is 15.9 Å². The lowest BCUT2D eigenvalue weighted by atomic mass is 9.91. The molecule has 2 unspecified atom stereocenters. The van der Waals surface area contributed by atoms with E-state index in [1.807, 2.05) is 24.3 Å². The van der Waals surface area contributed by atoms with Gasteiger partial charge in [0.05, 0.1) is 12.5 Å². The van der Waals surface area contributed by atoms with Gasteiger partial charge in [-0.2, -0.15) is 0 Å². The second kappa shape index (κ2) is 6.82. The summed E-state index contributed by atoms with van der Waals surface area (Å²) in [7, 11) is 0. The number of amides is 1. The van der Waals surface area contributed by atoms with E-state index in [-0.39, 0.29) is 11.8 Å². The van der Waals surface area contributed by atoms with Crippen molar-refractivity contribution in [2.45, 2.75) is 44.1 Å². The molecule has 0 aliphatic carbocycles. The lowest BCUT2D eigenvalue weighted by molar-refractivity contribution is -0.135. The van der Waals surface area contributed by atoms with E-state index in [0.717, 1.165) is 42.5 Å². The fraction of sp³-hybridized carbons (Fsp3) is 0.588. The molecule has 1 saturated heterocycles. The van der Waals surface area contributed by atoms with Crippen LogP contribution in [0.15, 0.2) is 24.3 Å². The van der Waals surface area contributed by atoms with Crippen molar-refractivity contribution in [1.82, 2.24) is 4.90 Å². The van der Waals surface area contributed by atoms with Gasteiger partial charge in [-0.1, -0.05) is 47.0 Å². The van der Waals surface area contributed by atoms with Gasteiger partial charge in [-0.25, -0.2) is 0 Å². The Balaban J connectivity index is 1.84. The zero-order chi connectivity index (χ0) is 14.7. The minimum atomic E-state index is -0.0328. The van der Waals surface area contributed by atoms with Crippen molar-refractivity contribution in [3.8, 4) is 5.75 Å². The predicted octanol–water partition coefficient (Wildman–Crippen LogP) is 3.72. The highest BCUT2D eigenvalue weighted by Crippen LogP contribution is 2.35. The standard InChI is InChI=1S/C17H22BrNO2/c18-12-13-6-2-1-5-10-19(13)17(20)15-9-11-21-16-8-4-3-7-14(15)16/h3-4,7-8,13,15H,1-2,5-6,9-12H2. The van der Waals surface area contributed by atoms with Crippen molar-refractivity contribution in [2.75, 3.05) is 18.5 Å². The Bertz CT molecular complexity index is 505. The molecule has 0 saturated carbocycles.